The summed E-state index contributed by atoms with van der Waals surface area (Å²) in [6.45, 7) is 0.788. The zero-order valence-electron chi connectivity index (χ0n) is 10.6. The molecule has 1 saturated heterocycles. The van der Waals surface area contributed by atoms with Gasteiger partial charge in [-0.25, -0.2) is 9.52 Å². The monoisotopic (exact) mass is 287 g/mol. The van der Waals surface area contributed by atoms with Gasteiger partial charge in [-0.3, -0.25) is 0 Å². The lowest BCUT2D eigenvalue weighted by Gasteiger charge is -2.32. The second-order valence-electron chi connectivity index (χ2n) is 4.45. The second-order valence-corrected chi connectivity index (χ2v) is 6.32. The molecule has 0 spiro atoms. The number of nitrogens with zero attached hydrogens (tertiary/aromatic N) is 2. The molecule has 0 unspecified atom stereocenters. The van der Waals surface area contributed by atoms with E-state index >= 15 is 0 Å². The standard InChI is InChI=1S/C11H17N3O4S/c1-12-19(17,18)13-7-4-9(5-8-13)14-6-2-3-10(14)11(15)16/h2-3,6,9,12H,4-5,7-8H2,1H3,(H,15,16). The summed E-state index contributed by atoms with van der Waals surface area (Å²) in [5.41, 5.74) is 0.245. The lowest BCUT2D eigenvalue weighted by Crippen LogP contribution is -2.44. The largest absolute Gasteiger partial charge is 0.477 e. The molecule has 1 aliphatic rings. The maximum Gasteiger partial charge on any atom is 0.352 e. The minimum atomic E-state index is -3.38. The van der Waals surface area contributed by atoms with Crippen molar-refractivity contribution in [1.82, 2.24) is 13.6 Å². The van der Waals surface area contributed by atoms with Gasteiger partial charge in [0.2, 0.25) is 0 Å². The van der Waals surface area contributed by atoms with Gasteiger partial charge in [-0.15, -0.1) is 0 Å². The molecule has 0 amide bonds. The first-order chi connectivity index (χ1) is 8.95. The molecule has 2 heterocycles. The predicted molar refractivity (Wildman–Crippen MR) is 69.2 cm³/mol. The molecule has 2 N–H and O–H groups in total. The molecule has 1 aliphatic heterocycles. The highest BCUT2D eigenvalue weighted by atomic mass is 32.2. The third kappa shape index (κ3) is 2.80. The molecule has 19 heavy (non-hydrogen) atoms. The molecule has 106 valence electrons. The van der Waals surface area contributed by atoms with Gasteiger partial charge in [-0.1, -0.05) is 0 Å². The van der Waals surface area contributed by atoms with E-state index < -0.39 is 16.2 Å². The number of aromatic nitrogens is 1. The van der Waals surface area contributed by atoms with Crippen LogP contribution >= 0.6 is 0 Å². The van der Waals surface area contributed by atoms with Crippen molar-refractivity contribution < 1.29 is 18.3 Å². The van der Waals surface area contributed by atoms with Gasteiger partial charge in [0.15, 0.2) is 0 Å². The Kier molecular flexibility index (Phi) is 3.93. The van der Waals surface area contributed by atoms with Crippen LogP contribution in [0.25, 0.3) is 0 Å². The first kappa shape index (κ1) is 14.0. The molecule has 1 aromatic heterocycles. The van der Waals surface area contributed by atoms with Crippen molar-refractivity contribution in [2.24, 2.45) is 0 Å². The number of piperidine rings is 1. The number of carboxylic acid groups (broad SMARTS) is 1. The topological polar surface area (TPSA) is 91.6 Å². The Hall–Kier alpha value is -1.38. The average Bonchev–Trinajstić information content (AvgIpc) is 2.88. The summed E-state index contributed by atoms with van der Waals surface area (Å²) >= 11 is 0. The minimum Gasteiger partial charge on any atom is -0.477 e. The summed E-state index contributed by atoms with van der Waals surface area (Å²) in [4.78, 5) is 11.1. The van der Waals surface area contributed by atoms with Crippen LogP contribution in [-0.2, 0) is 10.2 Å². The first-order valence-electron chi connectivity index (χ1n) is 6.04. The molecule has 2 rings (SSSR count). The van der Waals surface area contributed by atoms with E-state index in [-0.39, 0.29) is 11.7 Å². The Morgan fingerprint density at radius 1 is 1.42 bits per heavy atom. The van der Waals surface area contributed by atoms with Gasteiger partial charge in [-0.2, -0.15) is 12.7 Å². The van der Waals surface area contributed by atoms with E-state index in [9.17, 15) is 13.2 Å². The summed E-state index contributed by atoms with van der Waals surface area (Å²) in [7, 11) is -2.00. The molecular weight excluding hydrogens is 270 g/mol. The quantitative estimate of drug-likeness (QED) is 0.832. The van der Waals surface area contributed by atoms with Crippen LogP contribution in [-0.4, -0.2) is 48.5 Å². The van der Waals surface area contributed by atoms with Crippen LogP contribution in [0.2, 0.25) is 0 Å². The van der Waals surface area contributed by atoms with Gasteiger partial charge in [-0.05, 0) is 25.0 Å². The van der Waals surface area contributed by atoms with E-state index in [0.29, 0.717) is 25.9 Å². The maximum absolute atomic E-state index is 11.6. The molecule has 0 saturated carbocycles. The molecule has 0 radical (unpaired) electrons. The Bertz CT molecular complexity index is 558. The zero-order chi connectivity index (χ0) is 14.0. The summed E-state index contributed by atoms with van der Waals surface area (Å²) in [5, 5.41) is 9.07. The van der Waals surface area contributed by atoms with Crippen LogP contribution in [0.3, 0.4) is 0 Å². The van der Waals surface area contributed by atoms with Gasteiger partial charge >= 0.3 is 5.97 Å². The molecule has 0 bridgehead atoms. The molecule has 0 aromatic carbocycles. The number of nitrogens with one attached hydrogen (secondary N) is 1. The third-order valence-corrected chi connectivity index (χ3v) is 4.97. The minimum absolute atomic E-state index is 0.0319. The number of hydrogen-bond acceptors (Lipinski definition) is 3. The Balaban J connectivity index is 2.08. The first-order valence-corrected chi connectivity index (χ1v) is 7.48. The molecular formula is C11H17N3O4S. The average molecular weight is 287 g/mol. The summed E-state index contributed by atoms with van der Waals surface area (Å²) in [6.07, 6.45) is 2.95. The van der Waals surface area contributed by atoms with E-state index in [0.717, 1.165) is 0 Å². The fraction of sp³-hybridized carbons (Fsp3) is 0.545. The van der Waals surface area contributed by atoms with Gasteiger partial charge < -0.3 is 9.67 Å². The number of carboxylic acids is 1. The van der Waals surface area contributed by atoms with E-state index in [4.69, 9.17) is 5.11 Å². The predicted octanol–water partition coefficient (Wildman–Crippen LogP) is 0.287. The number of rotatable bonds is 4. The van der Waals surface area contributed by atoms with Crippen molar-refractivity contribution in [2.75, 3.05) is 20.1 Å². The van der Waals surface area contributed by atoms with Crippen LogP contribution in [0.4, 0.5) is 0 Å². The highest BCUT2D eigenvalue weighted by Crippen LogP contribution is 2.25. The summed E-state index contributed by atoms with van der Waals surface area (Å²) in [5.74, 6) is -0.963. The molecule has 8 heteroatoms. The van der Waals surface area contributed by atoms with E-state index in [1.165, 1.54) is 11.4 Å². The fourth-order valence-corrected chi connectivity index (χ4v) is 3.33. The number of aromatic carboxylic acids is 1. The lowest BCUT2D eigenvalue weighted by molar-refractivity contribution is 0.0680. The SMILES string of the molecule is CNS(=O)(=O)N1CCC(n2cccc2C(=O)O)CC1. The Labute approximate surface area is 112 Å². The van der Waals surface area contributed by atoms with Gasteiger partial charge in [0, 0.05) is 32.4 Å². The van der Waals surface area contributed by atoms with Gasteiger partial charge in [0.05, 0.1) is 0 Å². The van der Waals surface area contributed by atoms with Crippen molar-refractivity contribution >= 4 is 16.2 Å². The lowest BCUT2D eigenvalue weighted by atomic mass is 10.1. The van der Waals surface area contributed by atoms with Crippen LogP contribution in [0.5, 0.6) is 0 Å². The molecule has 7 nitrogen and oxygen atoms in total. The Morgan fingerprint density at radius 3 is 2.58 bits per heavy atom. The Morgan fingerprint density at radius 2 is 2.05 bits per heavy atom. The van der Waals surface area contributed by atoms with Crippen molar-refractivity contribution in [3.63, 3.8) is 0 Å². The van der Waals surface area contributed by atoms with E-state index in [1.807, 2.05) is 0 Å². The van der Waals surface area contributed by atoms with Crippen molar-refractivity contribution in [3.8, 4) is 0 Å². The molecule has 1 aromatic rings. The van der Waals surface area contributed by atoms with Crippen LogP contribution in [0.1, 0.15) is 29.4 Å². The van der Waals surface area contributed by atoms with Crippen LogP contribution < -0.4 is 4.72 Å². The van der Waals surface area contributed by atoms with Gasteiger partial charge in [0.1, 0.15) is 5.69 Å². The third-order valence-electron chi connectivity index (χ3n) is 3.41. The number of hydrogen-bond donors (Lipinski definition) is 2. The fourth-order valence-electron chi connectivity index (χ4n) is 2.38. The molecule has 0 aliphatic carbocycles. The summed E-state index contributed by atoms with van der Waals surface area (Å²) in [6, 6.07) is 3.28. The molecule has 0 atom stereocenters. The molecule has 1 fully saturated rings. The number of carbonyl (C=O) groups is 1. The van der Waals surface area contributed by atoms with Crippen molar-refractivity contribution in [2.45, 2.75) is 18.9 Å². The smallest absolute Gasteiger partial charge is 0.352 e. The van der Waals surface area contributed by atoms with Gasteiger partial charge in [0.25, 0.3) is 10.2 Å². The van der Waals surface area contributed by atoms with E-state index in [2.05, 4.69) is 4.72 Å². The van der Waals surface area contributed by atoms with Crippen LogP contribution in [0.15, 0.2) is 18.3 Å². The van der Waals surface area contributed by atoms with Crippen molar-refractivity contribution in [1.29, 1.82) is 0 Å². The van der Waals surface area contributed by atoms with Crippen molar-refractivity contribution in [3.05, 3.63) is 24.0 Å². The highest BCUT2D eigenvalue weighted by molar-refractivity contribution is 7.87. The second kappa shape index (κ2) is 5.32. The maximum atomic E-state index is 11.6. The van der Waals surface area contributed by atoms with Crippen LogP contribution in [0, 0.1) is 0 Å². The van der Waals surface area contributed by atoms with E-state index in [1.54, 1.807) is 22.9 Å². The normalized spacial score (nSPS) is 18.6. The summed E-state index contributed by atoms with van der Waals surface area (Å²) < 4.78 is 28.7. The highest BCUT2D eigenvalue weighted by Gasteiger charge is 2.28. The zero-order valence-corrected chi connectivity index (χ0v) is 11.4.